The molecule has 5 nitrogen and oxygen atoms in total. The van der Waals surface area contributed by atoms with Crippen molar-refractivity contribution in [1.29, 1.82) is 0 Å². The lowest BCUT2D eigenvalue weighted by molar-refractivity contribution is -0.120. The Morgan fingerprint density at radius 3 is 2.72 bits per heavy atom. The number of ether oxygens (including phenoxy) is 1. The van der Waals surface area contributed by atoms with Crippen molar-refractivity contribution >= 4 is 17.3 Å². The fraction of sp³-hybridized carbons (Fsp3) is 0.458. The van der Waals surface area contributed by atoms with Crippen LogP contribution in [0.3, 0.4) is 0 Å². The van der Waals surface area contributed by atoms with Gasteiger partial charge in [0, 0.05) is 31.0 Å². The standard InChI is InChI=1S/C24H31N3O2/c1-18(24(28)25-22-11-10-19-7-5-8-20(19)16-22)26(2)17-21-6-3-4-9-23(21)27-12-14-29-15-13-27/h3-4,6,9-11,16,18H,5,7-8,12-15,17H2,1-2H3,(H,25,28)/t18-/m0/s1. The van der Waals surface area contributed by atoms with Gasteiger partial charge in [-0.25, -0.2) is 0 Å². The number of benzene rings is 2. The van der Waals surface area contributed by atoms with E-state index in [1.165, 1.54) is 28.8 Å². The van der Waals surface area contributed by atoms with Crippen molar-refractivity contribution in [1.82, 2.24) is 4.90 Å². The van der Waals surface area contributed by atoms with Crippen LogP contribution < -0.4 is 10.2 Å². The first kappa shape index (κ1) is 19.9. The molecule has 0 unspecified atom stereocenters. The van der Waals surface area contributed by atoms with Gasteiger partial charge in [-0.3, -0.25) is 9.69 Å². The first-order valence-corrected chi connectivity index (χ1v) is 10.7. The third kappa shape index (κ3) is 4.62. The van der Waals surface area contributed by atoms with Crippen LogP contribution in [0.5, 0.6) is 0 Å². The molecule has 1 aliphatic carbocycles. The molecule has 0 radical (unpaired) electrons. The van der Waals surface area contributed by atoms with E-state index in [9.17, 15) is 4.79 Å². The number of nitrogens with zero attached hydrogens (tertiary/aromatic N) is 2. The molecule has 1 aliphatic heterocycles. The summed E-state index contributed by atoms with van der Waals surface area (Å²) in [6.07, 6.45) is 3.49. The van der Waals surface area contributed by atoms with E-state index in [0.717, 1.165) is 51.4 Å². The molecule has 0 spiro atoms. The van der Waals surface area contributed by atoms with E-state index in [1.54, 1.807) is 0 Å². The molecule has 1 amide bonds. The Morgan fingerprint density at radius 2 is 1.90 bits per heavy atom. The lowest BCUT2D eigenvalue weighted by Crippen LogP contribution is -2.40. The summed E-state index contributed by atoms with van der Waals surface area (Å²) in [6.45, 7) is 6.06. The molecule has 29 heavy (non-hydrogen) atoms. The molecule has 4 rings (SSSR count). The van der Waals surface area contributed by atoms with Crippen LogP contribution in [0, 0.1) is 0 Å². The molecule has 1 heterocycles. The summed E-state index contributed by atoms with van der Waals surface area (Å²) in [4.78, 5) is 17.3. The Kier molecular flexibility index (Phi) is 6.16. The van der Waals surface area contributed by atoms with Crippen molar-refractivity contribution < 1.29 is 9.53 Å². The molecule has 0 saturated carbocycles. The topological polar surface area (TPSA) is 44.8 Å². The zero-order valence-corrected chi connectivity index (χ0v) is 17.5. The average Bonchev–Trinajstić information content (AvgIpc) is 3.22. The van der Waals surface area contributed by atoms with Crippen LogP contribution in [-0.2, 0) is 28.9 Å². The van der Waals surface area contributed by atoms with Crippen LogP contribution in [0.15, 0.2) is 42.5 Å². The van der Waals surface area contributed by atoms with E-state index in [1.807, 2.05) is 20.0 Å². The SMILES string of the molecule is C[C@@H](C(=O)Nc1ccc2c(c1)CCC2)N(C)Cc1ccccc1N1CCOCC1. The highest BCUT2D eigenvalue weighted by molar-refractivity contribution is 5.94. The second-order valence-electron chi connectivity index (χ2n) is 8.15. The van der Waals surface area contributed by atoms with Crippen molar-refractivity contribution in [2.45, 2.75) is 38.8 Å². The number of rotatable bonds is 6. The van der Waals surface area contributed by atoms with Gasteiger partial charge in [0.05, 0.1) is 19.3 Å². The minimum Gasteiger partial charge on any atom is -0.378 e. The van der Waals surface area contributed by atoms with Gasteiger partial charge in [0.1, 0.15) is 0 Å². The number of carbonyl (C=O) groups excluding carboxylic acids is 1. The summed E-state index contributed by atoms with van der Waals surface area (Å²) in [5, 5.41) is 3.11. The monoisotopic (exact) mass is 393 g/mol. The smallest absolute Gasteiger partial charge is 0.241 e. The fourth-order valence-electron chi connectivity index (χ4n) is 4.26. The van der Waals surface area contributed by atoms with E-state index >= 15 is 0 Å². The highest BCUT2D eigenvalue weighted by Crippen LogP contribution is 2.26. The predicted molar refractivity (Wildman–Crippen MR) is 117 cm³/mol. The number of morpholine rings is 1. The highest BCUT2D eigenvalue weighted by atomic mass is 16.5. The van der Waals surface area contributed by atoms with Crippen LogP contribution in [0.1, 0.15) is 30.0 Å². The molecule has 2 aromatic carbocycles. The van der Waals surface area contributed by atoms with Gasteiger partial charge in [0.2, 0.25) is 5.91 Å². The van der Waals surface area contributed by atoms with Crippen molar-refractivity contribution in [3.05, 3.63) is 59.2 Å². The van der Waals surface area contributed by atoms with Crippen molar-refractivity contribution in [2.75, 3.05) is 43.6 Å². The first-order valence-electron chi connectivity index (χ1n) is 10.7. The van der Waals surface area contributed by atoms with Gasteiger partial charge >= 0.3 is 0 Å². The van der Waals surface area contributed by atoms with Crippen LogP contribution in [0.4, 0.5) is 11.4 Å². The molecule has 2 aromatic rings. The van der Waals surface area contributed by atoms with E-state index in [-0.39, 0.29) is 11.9 Å². The normalized spacial score (nSPS) is 17.3. The molecule has 1 N–H and O–H groups in total. The van der Waals surface area contributed by atoms with Crippen LogP contribution in [-0.4, -0.2) is 50.2 Å². The Balaban J connectivity index is 1.40. The van der Waals surface area contributed by atoms with Gasteiger partial charge in [-0.1, -0.05) is 24.3 Å². The summed E-state index contributed by atoms with van der Waals surface area (Å²) in [5.74, 6) is 0.0364. The Hall–Kier alpha value is -2.37. The number of amides is 1. The molecule has 0 bridgehead atoms. The van der Waals surface area contributed by atoms with Crippen LogP contribution in [0.25, 0.3) is 0 Å². The first-order chi connectivity index (χ1) is 14.1. The zero-order chi connectivity index (χ0) is 20.2. The minimum atomic E-state index is -0.221. The van der Waals surface area contributed by atoms with Crippen molar-refractivity contribution in [2.24, 2.45) is 0 Å². The minimum absolute atomic E-state index is 0.0364. The third-order valence-electron chi connectivity index (χ3n) is 6.17. The molecule has 154 valence electrons. The lowest BCUT2D eigenvalue weighted by atomic mass is 10.1. The number of likely N-dealkylation sites (N-methyl/N-ethyl adjacent to an activating group) is 1. The van der Waals surface area contributed by atoms with Crippen molar-refractivity contribution in [3.8, 4) is 0 Å². The zero-order valence-electron chi connectivity index (χ0n) is 17.5. The summed E-state index contributed by atoms with van der Waals surface area (Å²) in [5.41, 5.74) is 6.20. The molecular weight excluding hydrogens is 362 g/mol. The lowest BCUT2D eigenvalue weighted by Gasteiger charge is -2.32. The van der Waals surface area contributed by atoms with E-state index in [4.69, 9.17) is 4.74 Å². The van der Waals surface area contributed by atoms with Gasteiger partial charge in [-0.2, -0.15) is 0 Å². The highest BCUT2D eigenvalue weighted by Gasteiger charge is 2.21. The quantitative estimate of drug-likeness (QED) is 0.816. The maximum Gasteiger partial charge on any atom is 0.241 e. The Labute approximate surface area is 173 Å². The summed E-state index contributed by atoms with van der Waals surface area (Å²) < 4.78 is 5.49. The molecule has 2 aliphatic rings. The van der Waals surface area contributed by atoms with Crippen LogP contribution in [0.2, 0.25) is 0 Å². The predicted octanol–water partition coefficient (Wildman–Crippen LogP) is 3.47. The largest absolute Gasteiger partial charge is 0.378 e. The summed E-state index contributed by atoms with van der Waals surface area (Å²) >= 11 is 0. The van der Waals surface area contributed by atoms with Gasteiger partial charge < -0.3 is 15.0 Å². The van der Waals surface area contributed by atoms with Gasteiger partial charge in [-0.05, 0) is 68.1 Å². The molecule has 5 heteroatoms. The molecule has 1 saturated heterocycles. The van der Waals surface area contributed by atoms with Crippen LogP contribution >= 0.6 is 0 Å². The Morgan fingerprint density at radius 1 is 1.14 bits per heavy atom. The molecule has 1 fully saturated rings. The van der Waals surface area contributed by atoms with E-state index < -0.39 is 0 Å². The maximum absolute atomic E-state index is 12.9. The maximum atomic E-state index is 12.9. The van der Waals surface area contributed by atoms with Gasteiger partial charge in [-0.15, -0.1) is 0 Å². The number of carbonyl (C=O) groups is 1. The fourth-order valence-corrected chi connectivity index (χ4v) is 4.26. The second-order valence-corrected chi connectivity index (χ2v) is 8.15. The number of fused-ring (bicyclic) bond motifs is 1. The second kappa shape index (κ2) is 8.97. The molecular formula is C24H31N3O2. The number of hydrogen-bond acceptors (Lipinski definition) is 4. The number of anilines is 2. The van der Waals surface area contributed by atoms with Crippen molar-refractivity contribution in [3.63, 3.8) is 0 Å². The number of aryl methyl sites for hydroxylation is 2. The van der Waals surface area contributed by atoms with Gasteiger partial charge in [0.15, 0.2) is 0 Å². The number of hydrogen-bond donors (Lipinski definition) is 1. The van der Waals surface area contributed by atoms with E-state index in [0.29, 0.717) is 0 Å². The number of para-hydroxylation sites is 1. The summed E-state index contributed by atoms with van der Waals surface area (Å²) in [7, 11) is 2.02. The Bertz CT molecular complexity index is 861. The summed E-state index contributed by atoms with van der Waals surface area (Å²) in [6, 6.07) is 14.6. The van der Waals surface area contributed by atoms with Gasteiger partial charge in [0.25, 0.3) is 0 Å². The molecule has 0 aromatic heterocycles. The average molecular weight is 394 g/mol. The third-order valence-corrected chi connectivity index (χ3v) is 6.17. The van der Waals surface area contributed by atoms with E-state index in [2.05, 4.69) is 51.5 Å². The molecule has 1 atom stereocenters. The number of nitrogens with one attached hydrogen (secondary N) is 1.